The molecule has 0 atom stereocenters. The van der Waals surface area contributed by atoms with Crippen molar-refractivity contribution in [1.29, 1.82) is 0 Å². The van der Waals surface area contributed by atoms with Crippen LogP contribution >= 0.6 is 24.0 Å². The number of ether oxygens (including phenoxy) is 1. The summed E-state index contributed by atoms with van der Waals surface area (Å²) in [6.07, 6.45) is 4.63. The van der Waals surface area contributed by atoms with Gasteiger partial charge in [-0.15, -0.1) is 12.4 Å². The molecule has 0 saturated heterocycles. The third-order valence-corrected chi connectivity index (χ3v) is 2.94. The number of hydrogen-bond donors (Lipinski definition) is 1. The summed E-state index contributed by atoms with van der Waals surface area (Å²) in [5.74, 6) is -0.0127. The lowest BCUT2D eigenvalue weighted by molar-refractivity contribution is 0.210. The molecule has 2 N–H and O–H groups in total. The number of rotatable bonds is 2. The third-order valence-electron chi connectivity index (χ3n) is 2.65. The van der Waals surface area contributed by atoms with Gasteiger partial charge in [-0.3, -0.25) is 0 Å². The molecule has 90 valence electrons. The molecule has 0 radical (unpaired) electrons. The van der Waals surface area contributed by atoms with Crippen molar-refractivity contribution in [2.24, 2.45) is 0 Å². The van der Waals surface area contributed by atoms with E-state index in [1.165, 1.54) is 25.0 Å². The summed E-state index contributed by atoms with van der Waals surface area (Å²) in [4.78, 5) is 0. The minimum Gasteiger partial charge on any atom is -0.489 e. The second-order valence-corrected chi connectivity index (χ2v) is 4.24. The maximum atomic E-state index is 13.0. The number of nitrogen functional groups attached to an aromatic ring is 1. The molecule has 1 aromatic carbocycles. The zero-order chi connectivity index (χ0) is 10.8. The number of nitrogens with two attached hydrogens (primary N) is 1. The molecule has 0 heterocycles. The molecule has 1 aliphatic carbocycles. The Labute approximate surface area is 105 Å². The summed E-state index contributed by atoms with van der Waals surface area (Å²) >= 11 is 5.86. The highest BCUT2D eigenvalue weighted by molar-refractivity contribution is 6.32. The molecule has 2 rings (SSSR count). The summed E-state index contributed by atoms with van der Waals surface area (Å²) in [5.41, 5.74) is 5.53. The van der Waals surface area contributed by atoms with E-state index in [1.54, 1.807) is 0 Å². The van der Waals surface area contributed by atoms with Gasteiger partial charge in [0.1, 0.15) is 11.6 Å². The topological polar surface area (TPSA) is 35.2 Å². The van der Waals surface area contributed by atoms with Crippen molar-refractivity contribution < 1.29 is 9.13 Å². The van der Waals surface area contributed by atoms with Crippen LogP contribution in [-0.4, -0.2) is 6.10 Å². The largest absolute Gasteiger partial charge is 0.489 e. The Hall–Kier alpha value is -0.670. The Morgan fingerprint density at radius 3 is 2.56 bits per heavy atom. The fraction of sp³-hybridized carbons (Fsp3) is 0.455. The summed E-state index contributed by atoms with van der Waals surface area (Å²) in [6.45, 7) is 0. The maximum absolute atomic E-state index is 13.0. The Bertz CT molecular complexity index is 367. The minimum atomic E-state index is -0.501. The lowest BCUT2D eigenvalue weighted by Crippen LogP contribution is -2.11. The van der Waals surface area contributed by atoms with Gasteiger partial charge < -0.3 is 10.5 Å². The Morgan fingerprint density at radius 2 is 1.94 bits per heavy atom. The van der Waals surface area contributed by atoms with E-state index in [1.807, 2.05) is 0 Å². The number of anilines is 1. The lowest BCUT2D eigenvalue weighted by Gasteiger charge is -2.14. The van der Waals surface area contributed by atoms with Gasteiger partial charge >= 0.3 is 0 Å². The average Bonchev–Trinajstić information content (AvgIpc) is 2.67. The summed E-state index contributed by atoms with van der Waals surface area (Å²) in [7, 11) is 0. The predicted octanol–water partition coefficient (Wildman–Crippen LogP) is 3.80. The van der Waals surface area contributed by atoms with Gasteiger partial charge in [0, 0.05) is 6.07 Å². The first-order valence-corrected chi connectivity index (χ1v) is 5.46. The van der Waals surface area contributed by atoms with Crippen molar-refractivity contribution >= 4 is 29.7 Å². The van der Waals surface area contributed by atoms with Crippen LogP contribution in [0.2, 0.25) is 5.02 Å². The standard InChI is InChI=1S/C11H13ClFNO.ClH/c12-8-5-9(13)10(14)6-11(8)15-7-3-1-2-4-7;/h5-7H,1-4,14H2;1H. The lowest BCUT2D eigenvalue weighted by atomic mass is 10.2. The van der Waals surface area contributed by atoms with Crippen molar-refractivity contribution in [2.75, 3.05) is 5.73 Å². The van der Waals surface area contributed by atoms with Gasteiger partial charge in [-0.2, -0.15) is 0 Å². The van der Waals surface area contributed by atoms with Gasteiger partial charge in [-0.05, 0) is 31.7 Å². The molecule has 0 bridgehead atoms. The van der Waals surface area contributed by atoms with Crippen molar-refractivity contribution in [3.05, 3.63) is 23.0 Å². The molecule has 2 nitrogen and oxygen atoms in total. The molecule has 16 heavy (non-hydrogen) atoms. The smallest absolute Gasteiger partial charge is 0.147 e. The summed E-state index contributed by atoms with van der Waals surface area (Å²) in [6, 6.07) is 2.65. The Morgan fingerprint density at radius 1 is 1.31 bits per heavy atom. The van der Waals surface area contributed by atoms with Gasteiger partial charge in [0.15, 0.2) is 0 Å². The van der Waals surface area contributed by atoms with Crippen molar-refractivity contribution in [3.8, 4) is 5.75 Å². The third kappa shape index (κ3) is 2.92. The predicted molar refractivity (Wildman–Crippen MR) is 66.0 cm³/mol. The van der Waals surface area contributed by atoms with Crippen LogP contribution in [0.1, 0.15) is 25.7 Å². The van der Waals surface area contributed by atoms with E-state index in [0.717, 1.165) is 12.8 Å². The Kier molecular flexibility index (Phi) is 4.69. The second kappa shape index (κ2) is 5.60. The fourth-order valence-electron chi connectivity index (χ4n) is 1.82. The molecule has 5 heteroatoms. The van der Waals surface area contributed by atoms with E-state index in [9.17, 15) is 4.39 Å². The van der Waals surface area contributed by atoms with Gasteiger partial charge in [0.05, 0.1) is 16.8 Å². The zero-order valence-corrected chi connectivity index (χ0v) is 10.3. The molecule has 1 fully saturated rings. The average molecular weight is 266 g/mol. The van der Waals surface area contributed by atoms with E-state index in [4.69, 9.17) is 22.1 Å². The minimum absolute atomic E-state index is 0. The molecule has 0 amide bonds. The van der Waals surface area contributed by atoms with E-state index in [-0.39, 0.29) is 29.2 Å². The Balaban J connectivity index is 0.00000128. The van der Waals surface area contributed by atoms with Crippen molar-refractivity contribution in [1.82, 2.24) is 0 Å². The molecule has 1 saturated carbocycles. The first-order valence-electron chi connectivity index (χ1n) is 5.08. The maximum Gasteiger partial charge on any atom is 0.147 e. The molecule has 0 spiro atoms. The van der Waals surface area contributed by atoms with Crippen molar-refractivity contribution in [3.63, 3.8) is 0 Å². The molecule has 1 aliphatic rings. The monoisotopic (exact) mass is 265 g/mol. The van der Waals surface area contributed by atoms with Crippen LogP contribution < -0.4 is 10.5 Å². The van der Waals surface area contributed by atoms with E-state index >= 15 is 0 Å². The zero-order valence-electron chi connectivity index (χ0n) is 8.71. The second-order valence-electron chi connectivity index (χ2n) is 3.83. The molecule has 0 unspecified atom stereocenters. The normalized spacial score (nSPS) is 15.9. The summed E-state index contributed by atoms with van der Waals surface area (Å²) in [5, 5.41) is 0.286. The first-order chi connectivity index (χ1) is 7.16. The highest BCUT2D eigenvalue weighted by Gasteiger charge is 2.18. The molecular weight excluding hydrogens is 252 g/mol. The van der Waals surface area contributed by atoms with Crippen LogP contribution in [0, 0.1) is 5.82 Å². The quantitative estimate of drug-likeness (QED) is 0.826. The van der Waals surface area contributed by atoms with Crippen molar-refractivity contribution in [2.45, 2.75) is 31.8 Å². The van der Waals surface area contributed by atoms with E-state index < -0.39 is 5.82 Å². The number of benzene rings is 1. The molecule has 0 aromatic heterocycles. The van der Waals surface area contributed by atoms with Crippen LogP contribution in [0.5, 0.6) is 5.75 Å². The number of halogens is 3. The highest BCUT2D eigenvalue weighted by Crippen LogP contribution is 2.32. The van der Waals surface area contributed by atoms with E-state index in [0.29, 0.717) is 5.75 Å². The molecule has 0 aliphatic heterocycles. The molecule has 1 aromatic rings. The van der Waals surface area contributed by atoms with Gasteiger partial charge in [0.25, 0.3) is 0 Å². The number of hydrogen-bond acceptors (Lipinski definition) is 2. The highest BCUT2D eigenvalue weighted by atomic mass is 35.5. The van der Waals surface area contributed by atoms with Gasteiger partial charge in [-0.1, -0.05) is 11.6 Å². The summed E-state index contributed by atoms with van der Waals surface area (Å²) < 4.78 is 18.7. The van der Waals surface area contributed by atoms with Gasteiger partial charge in [-0.25, -0.2) is 4.39 Å². The SMILES string of the molecule is Cl.Nc1cc(OC2CCCC2)c(Cl)cc1F. The van der Waals surface area contributed by atoms with Crippen LogP contribution in [0.25, 0.3) is 0 Å². The van der Waals surface area contributed by atoms with Crippen LogP contribution in [0.4, 0.5) is 10.1 Å². The van der Waals surface area contributed by atoms with Crippen LogP contribution in [-0.2, 0) is 0 Å². The van der Waals surface area contributed by atoms with Crippen LogP contribution in [0.3, 0.4) is 0 Å². The molecular formula is C11H14Cl2FNO. The van der Waals surface area contributed by atoms with Gasteiger partial charge in [0.2, 0.25) is 0 Å². The van der Waals surface area contributed by atoms with E-state index in [2.05, 4.69) is 0 Å². The first kappa shape index (κ1) is 13.4. The fourth-order valence-corrected chi connectivity index (χ4v) is 2.02. The van der Waals surface area contributed by atoms with Crippen LogP contribution in [0.15, 0.2) is 12.1 Å².